The molecule has 16 heavy (non-hydrogen) atoms. The molecule has 1 aliphatic rings. The second kappa shape index (κ2) is 4.93. The van der Waals surface area contributed by atoms with E-state index in [0.717, 1.165) is 31.4 Å². The minimum atomic E-state index is 0.0629. The van der Waals surface area contributed by atoms with Gasteiger partial charge in [0.15, 0.2) is 5.13 Å². The van der Waals surface area contributed by atoms with Gasteiger partial charge in [-0.05, 0) is 26.2 Å². The molecule has 1 aromatic heterocycles. The molecule has 0 spiro atoms. The van der Waals surface area contributed by atoms with Crippen LogP contribution in [-0.4, -0.2) is 16.9 Å². The molecule has 2 atom stereocenters. The Morgan fingerprint density at radius 1 is 1.62 bits per heavy atom. The quantitative estimate of drug-likeness (QED) is 0.828. The Morgan fingerprint density at radius 3 is 3.06 bits per heavy atom. The molecule has 1 amide bonds. The van der Waals surface area contributed by atoms with Crippen molar-refractivity contribution in [3.05, 3.63) is 11.1 Å². The molecule has 88 valence electrons. The Bertz CT molecular complexity index is 377. The SMILES string of the molecule is Cc1csc(NC(=O)C2CCCC(N)C2)n1. The normalized spacial score (nSPS) is 25.4. The van der Waals surface area contributed by atoms with Crippen molar-refractivity contribution < 1.29 is 4.79 Å². The Hall–Kier alpha value is -0.940. The van der Waals surface area contributed by atoms with Gasteiger partial charge in [0.2, 0.25) is 5.91 Å². The number of thiazole rings is 1. The lowest BCUT2D eigenvalue weighted by Gasteiger charge is -2.25. The van der Waals surface area contributed by atoms with E-state index in [-0.39, 0.29) is 17.9 Å². The number of amides is 1. The summed E-state index contributed by atoms with van der Waals surface area (Å²) in [5.41, 5.74) is 6.81. The molecule has 1 fully saturated rings. The van der Waals surface area contributed by atoms with Crippen molar-refractivity contribution in [2.45, 2.75) is 38.6 Å². The largest absolute Gasteiger partial charge is 0.328 e. The fraction of sp³-hybridized carbons (Fsp3) is 0.636. The first-order valence-electron chi connectivity index (χ1n) is 5.63. The fourth-order valence-corrected chi connectivity index (χ4v) is 2.78. The summed E-state index contributed by atoms with van der Waals surface area (Å²) in [6.45, 7) is 1.92. The summed E-state index contributed by atoms with van der Waals surface area (Å²) < 4.78 is 0. The lowest BCUT2D eigenvalue weighted by Crippen LogP contribution is -2.34. The number of carbonyl (C=O) groups is 1. The molecule has 0 saturated heterocycles. The first-order valence-corrected chi connectivity index (χ1v) is 6.51. The molecular weight excluding hydrogens is 222 g/mol. The van der Waals surface area contributed by atoms with Crippen LogP contribution in [0, 0.1) is 12.8 Å². The molecule has 4 nitrogen and oxygen atoms in total. The second-order valence-electron chi connectivity index (χ2n) is 4.41. The van der Waals surface area contributed by atoms with Crippen LogP contribution in [0.4, 0.5) is 5.13 Å². The van der Waals surface area contributed by atoms with E-state index in [1.807, 2.05) is 12.3 Å². The molecule has 1 aliphatic carbocycles. The lowest BCUT2D eigenvalue weighted by atomic mass is 9.86. The van der Waals surface area contributed by atoms with Gasteiger partial charge in [-0.3, -0.25) is 4.79 Å². The number of carbonyl (C=O) groups excluding carboxylic acids is 1. The zero-order valence-corrected chi connectivity index (χ0v) is 10.2. The predicted octanol–water partition coefficient (Wildman–Crippen LogP) is 1.91. The van der Waals surface area contributed by atoms with Crippen LogP contribution < -0.4 is 11.1 Å². The molecule has 3 N–H and O–H groups in total. The Labute approximate surface area is 99.3 Å². The minimum absolute atomic E-state index is 0.0629. The van der Waals surface area contributed by atoms with Gasteiger partial charge in [-0.2, -0.15) is 0 Å². The lowest BCUT2D eigenvalue weighted by molar-refractivity contribution is -0.120. The summed E-state index contributed by atoms with van der Waals surface area (Å²) >= 11 is 1.47. The van der Waals surface area contributed by atoms with Gasteiger partial charge in [-0.25, -0.2) is 4.98 Å². The van der Waals surface area contributed by atoms with E-state index in [9.17, 15) is 4.79 Å². The number of aromatic nitrogens is 1. The third-order valence-electron chi connectivity index (χ3n) is 2.93. The maximum Gasteiger partial charge on any atom is 0.229 e. The van der Waals surface area contributed by atoms with E-state index in [1.165, 1.54) is 11.3 Å². The van der Waals surface area contributed by atoms with Crippen molar-refractivity contribution >= 4 is 22.4 Å². The summed E-state index contributed by atoms with van der Waals surface area (Å²) in [5.74, 6) is 0.137. The first-order chi connectivity index (χ1) is 7.65. The van der Waals surface area contributed by atoms with E-state index in [1.54, 1.807) is 0 Å². The van der Waals surface area contributed by atoms with Gasteiger partial charge in [0.1, 0.15) is 0 Å². The van der Waals surface area contributed by atoms with Gasteiger partial charge in [-0.15, -0.1) is 11.3 Å². The van der Waals surface area contributed by atoms with E-state index >= 15 is 0 Å². The number of nitrogens with two attached hydrogens (primary N) is 1. The summed E-state index contributed by atoms with van der Waals surface area (Å²) in [5, 5.41) is 5.49. The van der Waals surface area contributed by atoms with Crippen molar-refractivity contribution in [2.24, 2.45) is 11.7 Å². The number of hydrogen-bond acceptors (Lipinski definition) is 4. The van der Waals surface area contributed by atoms with Gasteiger partial charge in [0.05, 0.1) is 5.69 Å². The molecule has 5 heteroatoms. The third-order valence-corrected chi connectivity index (χ3v) is 3.81. The molecule has 0 bridgehead atoms. The molecule has 0 radical (unpaired) electrons. The highest BCUT2D eigenvalue weighted by Gasteiger charge is 2.25. The van der Waals surface area contributed by atoms with Crippen LogP contribution in [0.3, 0.4) is 0 Å². The molecule has 1 saturated carbocycles. The Kier molecular flexibility index (Phi) is 3.56. The molecular formula is C11H17N3OS. The fourth-order valence-electron chi connectivity index (χ4n) is 2.08. The summed E-state index contributed by atoms with van der Waals surface area (Å²) in [6.07, 6.45) is 3.84. The smallest absolute Gasteiger partial charge is 0.229 e. The highest BCUT2D eigenvalue weighted by molar-refractivity contribution is 7.13. The highest BCUT2D eigenvalue weighted by atomic mass is 32.1. The number of nitrogens with zero attached hydrogens (tertiary/aromatic N) is 1. The standard InChI is InChI=1S/C11H17N3OS/c1-7-6-16-11(13-7)14-10(15)8-3-2-4-9(12)5-8/h6,8-9H,2-5,12H2,1H3,(H,13,14,15). The van der Waals surface area contributed by atoms with Crippen molar-refractivity contribution in [3.8, 4) is 0 Å². The zero-order chi connectivity index (χ0) is 11.5. The molecule has 2 unspecified atom stereocenters. The van der Waals surface area contributed by atoms with Gasteiger partial charge in [0.25, 0.3) is 0 Å². The van der Waals surface area contributed by atoms with E-state index in [0.29, 0.717) is 5.13 Å². The molecule has 1 heterocycles. The average molecular weight is 239 g/mol. The molecule has 1 aromatic rings. The van der Waals surface area contributed by atoms with Crippen LogP contribution in [0.15, 0.2) is 5.38 Å². The van der Waals surface area contributed by atoms with Crippen molar-refractivity contribution in [3.63, 3.8) is 0 Å². The van der Waals surface area contributed by atoms with Gasteiger partial charge in [0, 0.05) is 17.3 Å². The van der Waals surface area contributed by atoms with Crippen molar-refractivity contribution in [2.75, 3.05) is 5.32 Å². The molecule has 0 aromatic carbocycles. The summed E-state index contributed by atoms with van der Waals surface area (Å²) in [6, 6.07) is 0.183. The Morgan fingerprint density at radius 2 is 2.44 bits per heavy atom. The first kappa shape index (κ1) is 11.5. The average Bonchev–Trinajstić information content (AvgIpc) is 2.64. The van der Waals surface area contributed by atoms with Crippen LogP contribution in [0.5, 0.6) is 0 Å². The zero-order valence-electron chi connectivity index (χ0n) is 9.40. The minimum Gasteiger partial charge on any atom is -0.328 e. The second-order valence-corrected chi connectivity index (χ2v) is 5.27. The van der Waals surface area contributed by atoms with Crippen LogP contribution >= 0.6 is 11.3 Å². The molecule has 2 rings (SSSR count). The number of hydrogen-bond donors (Lipinski definition) is 2. The van der Waals surface area contributed by atoms with Crippen LogP contribution in [-0.2, 0) is 4.79 Å². The van der Waals surface area contributed by atoms with Crippen molar-refractivity contribution in [1.29, 1.82) is 0 Å². The van der Waals surface area contributed by atoms with Crippen LogP contribution in [0.1, 0.15) is 31.4 Å². The summed E-state index contributed by atoms with van der Waals surface area (Å²) in [7, 11) is 0. The van der Waals surface area contributed by atoms with Crippen LogP contribution in [0.25, 0.3) is 0 Å². The Balaban J connectivity index is 1.92. The van der Waals surface area contributed by atoms with E-state index in [4.69, 9.17) is 5.73 Å². The summed E-state index contributed by atoms with van der Waals surface area (Å²) in [4.78, 5) is 16.1. The monoisotopic (exact) mass is 239 g/mol. The number of rotatable bonds is 2. The van der Waals surface area contributed by atoms with E-state index in [2.05, 4.69) is 10.3 Å². The predicted molar refractivity (Wildman–Crippen MR) is 65.4 cm³/mol. The van der Waals surface area contributed by atoms with E-state index < -0.39 is 0 Å². The maximum absolute atomic E-state index is 11.9. The maximum atomic E-state index is 11.9. The topological polar surface area (TPSA) is 68.0 Å². The number of anilines is 1. The van der Waals surface area contributed by atoms with Gasteiger partial charge >= 0.3 is 0 Å². The number of aryl methyl sites for hydroxylation is 1. The molecule has 0 aliphatic heterocycles. The van der Waals surface area contributed by atoms with Crippen molar-refractivity contribution in [1.82, 2.24) is 4.98 Å². The van der Waals surface area contributed by atoms with Crippen LogP contribution in [0.2, 0.25) is 0 Å². The van der Waals surface area contributed by atoms with Gasteiger partial charge in [-0.1, -0.05) is 6.42 Å². The highest BCUT2D eigenvalue weighted by Crippen LogP contribution is 2.25. The van der Waals surface area contributed by atoms with Gasteiger partial charge < -0.3 is 11.1 Å². The third kappa shape index (κ3) is 2.80. The number of nitrogens with one attached hydrogen (secondary N) is 1.